The molecule has 0 radical (unpaired) electrons. The van der Waals surface area contributed by atoms with Crippen LogP contribution in [0.4, 0.5) is 0 Å². The Bertz CT molecular complexity index is 1300. The van der Waals surface area contributed by atoms with Gasteiger partial charge in [0.25, 0.3) is 0 Å². The molecule has 2 rings (SSSR count). The first-order valence-corrected chi connectivity index (χ1v) is 17.6. The molecular weight excluding hydrogens is 774 g/mol. The van der Waals surface area contributed by atoms with Gasteiger partial charge in [-0.2, -0.15) is 0 Å². The summed E-state index contributed by atoms with van der Waals surface area (Å²) in [6, 6.07) is 3.65. The molecule has 20 heteroatoms. The molecule has 1 aromatic carbocycles. The van der Waals surface area contributed by atoms with Gasteiger partial charge in [0.05, 0.1) is 69.5 Å². The number of aromatic carboxylic acids is 1. The maximum absolute atomic E-state index is 11.0. The maximum atomic E-state index is 11.0. The fourth-order valence-corrected chi connectivity index (χ4v) is 2.63. The van der Waals surface area contributed by atoms with Crippen molar-refractivity contribution >= 4 is 41.8 Å². The van der Waals surface area contributed by atoms with Crippen LogP contribution in [0, 0.1) is 5.41 Å². The lowest BCUT2D eigenvalue weighted by molar-refractivity contribution is -0.139. The second-order valence-electron chi connectivity index (χ2n) is 12.1. The topological polar surface area (TPSA) is 332 Å². The Morgan fingerprint density at radius 3 is 1.50 bits per heavy atom. The number of esters is 3. The van der Waals surface area contributed by atoms with Gasteiger partial charge >= 0.3 is 41.8 Å². The number of hydrogen-bond acceptors (Lipinski definition) is 16. The normalized spacial score (nSPS) is 10.4. The molecule has 0 bridgehead atoms. The number of nitrogens with zero attached hydrogens (tertiary/aromatic N) is 1. The fourth-order valence-electron chi connectivity index (χ4n) is 2.63. The van der Waals surface area contributed by atoms with Gasteiger partial charge in [-0.1, -0.05) is 40.3 Å². The lowest BCUT2D eigenvalue weighted by atomic mass is 9.97. The quantitative estimate of drug-likeness (QED) is 0.0414. The van der Waals surface area contributed by atoms with E-state index in [1.54, 1.807) is 13.8 Å². The first-order chi connectivity index (χ1) is 27.1. The summed E-state index contributed by atoms with van der Waals surface area (Å²) in [4.78, 5) is 73.9. The minimum atomic E-state index is -1.15. The van der Waals surface area contributed by atoms with Crippen molar-refractivity contribution in [2.45, 2.75) is 59.3 Å². The largest absolute Gasteiger partial charge is 0.481 e. The van der Waals surface area contributed by atoms with Crippen LogP contribution in [0.2, 0.25) is 0 Å². The SMILES string of the molecule is C=CC(=O)O.C=CC(=O)OCCCC.CC(C)(CO)CO.CN(C)CCO.O=C(O)CCCCC(=O)O.O=C(O)c1ccc2c(c1)C(=O)OC2=O.OCCOCCO. The molecule has 0 amide bonds. The van der Waals surface area contributed by atoms with Gasteiger partial charge in [-0.15, -0.1) is 0 Å². The number of ether oxygens (including phenoxy) is 3. The lowest BCUT2D eigenvalue weighted by Gasteiger charge is -2.16. The Morgan fingerprint density at radius 2 is 1.21 bits per heavy atom. The molecule has 0 atom stereocenters. The highest BCUT2D eigenvalue weighted by Gasteiger charge is 2.30. The van der Waals surface area contributed by atoms with Crippen LogP contribution in [-0.2, 0) is 33.4 Å². The number of rotatable bonds is 19. The number of unbranched alkanes of at least 4 members (excludes halogenated alkanes) is 2. The van der Waals surface area contributed by atoms with Crippen LogP contribution in [0.1, 0.15) is 90.4 Å². The second-order valence-corrected chi connectivity index (χ2v) is 12.1. The Kier molecular flexibility index (Phi) is 44.5. The summed E-state index contributed by atoms with van der Waals surface area (Å²) in [6.07, 6.45) is 5.00. The number of carboxylic acids is 4. The van der Waals surface area contributed by atoms with Gasteiger partial charge in [-0.05, 0) is 51.6 Å². The summed E-state index contributed by atoms with van der Waals surface area (Å²) in [6.45, 7) is 14.2. The predicted octanol–water partition coefficient (Wildman–Crippen LogP) is 1.71. The monoisotopic (exact) mass is 837 g/mol. The fraction of sp³-hybridized carbons (Fsp3) is 0.553. The van der Waals surface area contributed by atoms with E-state index in [0.717, 1.165) is 31.5 Å². The number of carboxylic acid groups (broad SMARTS) is 4. The Labute approximate surface area is 338 Å². The molecule has 1 heterocycles. The highest BCUT2D eigenvalue weighted by molar-refractivity contribution is 6.15. The minimum absolute atomic E-state index is 0.00917. The van der Waals surface area contributed by atoms with Crippen LogP contribution in [0.15, 0.2) is 43.5 Å². The van der Waals surface area contributed by atoms with Crippen molar-refractivity contribution in [3.05, 3.63) is 60.2 Å². The van der Waals surface area contributed by atoms with Crippen molar-refractivity contribution < 1.29 is 93.7 Å². The average molecular weight is 838 g/mol. The zero-order valence-corrected chi connectivity index (χ0v) is 34.0. The van der Waals surface area contributed by atoms with Gasteiger partial charge in [0.2, 0.25) is 0 Å². The summed E-state index contributed by atoms with van der Waals surface area (Å²) >= 11 is 0. The average Bonchev–Trinajstić information content (AvgIpc) is 3.46. The molecule has 0 saturated carbocycles. The number of benzene rings is 1. The van der Waals surface area contributed by atoms with Crippen LogP contribution in [-0.4, -0.2) is 166 Å². The van der Waals surface area contributed by atoms with Gasteiger partial charge in [0.1, 0.15) is 0 Å². The molecular formula is C38H63NO19. The molecule has 1 aliphatic heterocycles. The number of hydrogen-bond donors (Lipinski definition) is 9. The van der Waals surface area contributed by atoms with E-state index in [9.17, 15) is 33.6 Å². The van der Waals surface area contributed by atoms with E-state index in [1.165, 1.54) is 18.2 Å². The second kappa shape index (κ2) is 41.5. The summed E-state index contributed by atoms with van der Waals surface area (Å²) in [5.74, 6) is -5.74. The molecule has 0 aromatic heterocycles. The van der Waals surface area contributed by atoms with E-state index in [1.807, 2.05) is 25.9 Å². The Morgan fingerprint density at radius 1 is 0.741 bits per heavy atom. The van der Waals surface area contributed by atoms with E-state index < -0.39 is 35.8 Å². The van der Waals surface area contributed by atoms with Crippen LogP contribution < -0.4 is 0 Å². The standard InChI is InChI=1S/C9H4O5.C7H12O2.C6H10O4.C5H12O2.C4H11NO.C4H10O3.C3H4O2/c10-7(11)4-1-2-5-6(3-4)9(13)14-8(5)12;1-3-5-6-9-7(8)4-2;7-5(8)3-1-2-4-6(9)10;1-5(2,3-6)4-7;1-5(2)3-4-6;5-1-3-7-4-2-6;1-2-3(4)5/h1-3H,(H,10,11);4H,2-3,5-6H2,1H3;1-4H2,(H,7,8)(H,9,10);6-7H,3-4H2,1-2H3;6H,3-4H2,1-2H3;5-6H,1-4H2;2H,1H2,(H,4,5). The molecule has 0 saturated heterocycles. The van der Waals surface area contributed by atoms with Crippen molar-refractivity contribution in [2.75, 3.05) is 73.5 Å². The van der Waals surface area contributed by atoms with Crippen LogP contribution in [0.3, 0.4) is 0 Å². The molecule has 0 fully saturated rings. The van der Waals surface area contributed by atoms with Crippen molar-refractivity contribution in [2.24, 2.45) is 5.41 Å². The molecule has 20 nitrogen and oxygen atoms in total. The van der Waals surface area contributed by atoms with E-state index in [4.69, 9.17) is 46.0 Å². The number of carbonyl (C=O) groups is 7. The van der Waals surface area contributed by atoms with E-state index in [0.29, 0.717) is 32.7 Å². The molecule has 1 aromatic rings. The van der Waals surface area contributed by atoms with E-state index in [-0.39, 0.29) is 74.0 Å². The summed E-state index contributed by atoms with van der Waals surface area (Å²) in [5.41, 5.74) is -0.231. The molecule has 0 spiro atoms. The van der Waals surface area contributed by atoms with E-state index >= 15 is 0 Å². The number of likely N-dealkylation sites (N-methyl/N-ethyl adjacent to an activating group) is 1. The minimum Gasteiger partial charge on any atom is -0.481 e. The number of aliphatic hydroxyl groups is 5. The summed E-state index contributed by atoms with van der Waals surface area (Å²) in [5, 5.41) is 73.7. The van der Waals surface area contributed by atoms with Gasteiger partial charge in [0.15, 0.2) is 0 Å². The first-order valence-electron chi connectivity index (χ1n) is 17.6. The molecule has 1 aliphatic rings. The molecule has 58 heavy (non-hydrogen) atoms. The third kappa shape index (κ3) is 45.3. The summed E-state index contributed by atoms with van der Waals surface area (Å²) < 4.78 is 13.6. The van der Waals surface area contributed by atoms with Gasteiger partial charge < -0.3 is 65.1 Å². The van der Waals surface area contributed by atoms with Gasteiger partial charge in [-0.25, -0.2) is 24.0 Å². The van der Waals surface area contributed by atoms with Crippen LogP contribution in [0.5, 0.6) is 0 Å². The summed E-state index contributed by atoms with van der Waals surface area (Å²) in [7, 11) is 3.85. The Balaban J connectivity index is -0.000000194. The third-order valence-corrected chi connectivity index (χ3v) is 5.88. The van der Waals surface area contributed by atoms with Gasteiger partial charge in [0, 0.05) is 37.0 Å². The number of fused-ring (bicyclic) bond motifs is 1. The van der Waals surface area contributed by atoms with E-state index in [2.05, 4.69) is 27.4 Å². The smallest absolute Gasteiger partial charge is 0.346 e. The predicted molar refractivity (Wildman–Crippen MR) is 209 cm³/mol. The maximum Gasteiger partial charge on any atom is 0.346 e. The van der Waals surface area contributed by atoms with Crippen LogP contribution >= 0.6 is 0 Å². The van der Waals surface area contributed by atoms with Crippen molar-refractivity contribution in [3.63, 3.8) is 0 Å². The number of carbonyl (C=O) groups excluding carboxylic acids is 3. The van der Waals surface area contributed by atoms with Crippen molar-refractivity contribution in [3.8, 4) is 0 Å². The van der Waals surface area contributed by atoms with Crippen molar-refractivity contribution in [1.29, 1.82) is 0 Å². The number of aliphatic hydroxyl groups excluding tert-OH is 5. The lowest BCUT2D eigenvalue weighted by Crippen LogP contribution is -2.20. The first kappa shape index (κ1) is 62.1. The zero-order chi connectivity index (χ0) is 46.1. The Hall–Kier alpha value is -5.09. The van der Waals surface area contributed by atoms with Crippen molar-refractivity contribution in [1.82, 2.24) is 4.90 Å². The third-order valence-electron chi connectivity index (χ3n) is 5.88. The highest BCUT2D eigenvalue weighted by atomic mass is 16.6. The number of aliphatic carboxylic acids is 3. The van der Waals surface area contributed by atoms with Crippen LogP contribution in [0.25, 0.3) is 0 Å². The zero-order valence-electron chi connectivity index (χ0n) is 34.0. The highest BCUT2D eigenvalue weighted by Crippen LogP contribution is 2.21. The molecule has 334 valence electrons. The number of cyclic esters (lactones) is 2. The van der Waals surface area contributed by atoms with Gasteiger partial charge in [-0.3, -0.25) is 9.59 Å². The molecule has 0 unspecified atom stereocenters. The molecule has 0 aliphatic carbocycles. The molecule has 9 N–H and O–H groups in total.